The first-order valence-electron chi connectivity index (χ1n) is 6.75. The van der Waals surface area contributed by atoms with E-state index in [1.54, 1.807) is 0 Å². The molecule has 0 radical (unpaired) electrons. The van der Waals surface area contributed by atoms with Gasteiger partial charge in [-0.15, -0.1) is 0 Å². The molecule has 0 spiro atoms. The molecule has 0 amide bonds. The van der Waals surface area contributed by atoms with Crippen LogP contribution in [0.5, 0.6) is 0 Å². The Hall–Kier alpha value is -0.940. The Morgan fingerprint density at radius 3 is 2.53 bits per heavy atom. The Morgan fingerprint density at radius 2 is 1.84 bits per heavy atom. The molecule has 4 nitrogen and oxygen atoms in total. The number of rotatable bonds is 3. The summed E-state index contributed by atoms with van der Waals surface area (Å²) in [6.07, 6.45) is -0.562. The summed E-state index contributed by atoms with van der Waals surface area (Å²) in [6, 6.07) is 10.2. The Labute approximate surface area is 114 Å². The Kier molecular flexibility index (Phi) is 4.58. The molecule has 0 aromatic heterocycles. The maximum Gasteiger partial charge on any atom is 0.162 e. The third-order valence-electron chi connectivity index (χ3n) is 3.44. The molecule has 2 N–H and O–H groups in total. The number of ether oxygens (including phenoxy) is 2. The molecule has 1 fully saturated rings. The molecule has 1 saturated heterocycles. The van der Waals surface area contributed by atoms with Crippen molar-refractivity contribution < 1.29 is 14.6 Å². The van der Waals surface area contributed by atoms with Crippen LogP contribution in [0.15, 0.2) is 30.3 Å². The topological polar surface area (TPSA) is 50.7 Å². The first-order valence-corrected chi connectivity index (χ1v) is 6.75. The van der Waals surface area contributed by atoms with Gasteiger partial charge in [0.1, 0.15) is 0 Å². The summed E-state index contributed by atoms with van der Waals surface area (Å²) in [7, 11) is 0. The molecule has 0 aliphatic carbocycles. The summed E-state index contributed by atoms with van der Waals surface area (Å²) in [6.45, 7) is 6.53. The first-order chi connectivity index (χ1) is 8.98. The van der Waals surface area contributed by atoms with Crippen molar-refractivity contribution in [2.75, 3.05) is 13.2 Å². The van der Waals surface area contributed by atoms with Crippen LogP contribution in [0.1, 0.15) is 32.4 Å². The Morgan fingerprint density at radius 1 is 1.21 bits per heavy atom. The number of benzene rings is 1. The van der Waals surface area contributed by atoms with E-state index in [1.807, 2.05) is 32.0 Å². The number of hydrogen-bond donors (Lipinski definition) is 2. The standard InChI is InChI=1S/C15H23NO3/c1-11(12-7-5-4-6-8-12)16-13-9-18-15(2,3)19-10-14(13)17/h4-8,11,13-14,16-17H,9-10H2,1-3H3/t11-,13?,14?/m1/s1. The lowest BCUT2D eigenvalue weighted by atomic mass is 10.1. The van der Waals surface area contributed by atoms with E-state index in [0.29, 0.717) is 6.61 Å². The minimum absolute atomic E-state index is 0.128. The summed E-state index contributed by atoms with van der Waals surface area (Å²) in [5, 5.41) is 13.5. The second kappa shape index (κ2) is 6.01. The van der Waals surface area contributed by atoms with E-state index in [2.05, 4.69) is 24.4 Å². The maximum absolute atomic E-state index is 10.1. The summed E-state index contributed by atoms with van der Waals surface area (Å²) < 4.78 is 11.2. The van der Waals surface area contributed by atoms with E-state index in [1.165, 1.54) is 5.56 Å². The molecule has 1 heterocycles. The van der Waals surface area contributed by atoms with Crippen LogP contribution in [-0.2, 0) is 9.47 Å². The molecule has 3 atom stereocenters. The van der Waals surface area contributed by atoms with Gasteiger partial charge in [0.15, 0.2) is 5.79 Å². The van der Waals surface area contributed by atoms with Crippen molar-refractivity contribution in [3.63, 3.8) is 0 Å². The lowest BCUT2D eigenvalue weighted by molar-refractivity contribution is -0.203. The lowest BCUT2D eigenvalue weighted by Crippen LogP contribution is -2.45. The summed E-state index contributed by atoms with van der Waals surface area (Å²) in [5.41, 5.74) is 1.19. The van der Waals surface area contributed by atoms with Crippen LogP contribution in [0.4, 0.5) is 0 Å². The fourth-order valence-electron chi connectivity index (χ4n) is 2.16. The van der Waals surface area contributed by atoms with Gasteiger partial charge in [0, 0.05) is 6.04 Å². The third kappa shape index (κ3) is 4.01. The van der Waals surface area contributed by atoms with E-state index < -0.39 is 11.9 Å². The zero-order valence-corrected chi connectivity index (χ0v) is 11.8. The second-order valence-electron chi connectivity index (χ2n) is 5.49. The van der Waals surface area contributed by atoms with Crippen LogP contribution in [0.3, 0.4) is 0 Å². The highest BCUT2D eigenvalue weighted by Crippen LogP contribution is 2.20. The molecule has 0 bridgehead atoms. The molecule has 0 saturated carbocycles. The van der Waals surface area contributed by atoms with Gasteiger partial charge in [0.25, 0.3) is 0 Å². The van der Waals surface area contributed by atoms with Gasteiger partial charge in [-0.25, -0.2) is 0 Å². The SMILES string of the molecule is C[C@@H](NC1COC(C)(C)OCC1O)c1ccccc1. The van der Waals surface area contributed by atoms with Gasteiger partial charge in [-0.1, -0.05) is 30.3 Å². The third-order valence-corrected chi connectivity index (χ3v) is 3.44. The largest absolute Gasteiger partial charge is 0.389 e. The van der Waals surface area contributed by atoms with Gasteiger partial charge >= 0.3 is 0 Å². The van der Waals surface area contributed by atoms with E-state index in [0.717, 1.165) is 0 Å². The van der Waals surface area contributed by atoms with Crippen LogP contribution in [0.25, 0.3) is 0 Å². The van der Waals surface area contributed by atoms with E-state index in [9.17, 15) is 5.11 Å². The summed E-state index contributed by atoms with van der Waals surface area (Å²) in [4.78, 5) is 0. The predicted octanol–water partition coefficient (Wildman–Crippen LogP) is 1.85. The van der Waals surface area contributed by atoms with Crippen LogP contribution in [0.2, 0.25) is 0 Å². The number of aliphatic hydroxyl groups is 1. The minimum Gasteiger partial charge on any atom is -0.389 e. The lowest BCUT2D eigenvalue weighted by Gasteiger charge is -2.25. The van der Waals surface area contributed by atoms with Crippen LogP contribution in [-0.4, -0.2) is 36.3 Å². The van der Waals surface area contributed by atoms with Crippen molar-refractivity contribution in [3.05, 3.63) is 35.9 Å². The molecule has 106 valence electrons. The van der Waals surface area contributed by atoms with Gasteiger partial charge in [-0.3, -0.25) is 0 Å². The Bertz CT molecular complexity index is 394. The van der Waals surface area contributed by atoms with E-state index >= 15 is 0 Å². The molecule has 2 rings (SSSR count). The van der Waals surface area contributed by atoms with E-state index in [4.69, 9.17) is 9.47 Å². The second-order valence-corrected chi connectivity index (χ2v) is 5.49. The van der Waals surface area contributed by atoms with Crippen molar-refractivity contribution in [2.45, 2.75) is 44.7 Å². The average molecular weight is 265 g/mol. The van der Waals surface area contributed by atoms with Crippen molar-refractivity contribution in [3.8, 4) is 0 Å². The molecule has 1 aromatic carbocycles. The predicted molar refractivity (Wildman–Crippen MR) is 73.8 cm³/mol. The zero-order chi connectivity index (χ0) is 13.9. The van der Waals surface area contributed by atoms with Crippen molar-refractivity contribution >= 4 is 0 Å². The maximum atomic E-state index is 10.1. The highest BCUT2D eigenvalue weighted by Gasteiger charge is 2.31. The highest BCUT2D eigenvalue weighted by molar-refractivity contribution is 5.18. The van der Waals surface area contributed by atoms with Crippen LogP contribution in [0, 0.1) is 0 Å². The van der Waals surface area contributed by atoms with Gasteiger partial charge in [-0.05, 0) is 26.3 Å². The monoisotopic (exact) mass is 265 g/mol. The molecule has 1 aliphatic rings. The zero-order valence-electron chi connectivity index (χ0n) is 11.8. The summed E-state index contributed by atoms with van der Waals surface area (Å²) >= 11 is 0. The molecule has 1 aliphatic heterocycles. The van der Waals surface area contributed by atoms with Gasteiger partial charge in [0.2, 0.25) is 0 Å². The quantitative estimate of drug-likeness (QED) is 0.875. The van der Waals surface area contributed by atoms with Crippen LogP contribution >= 0.6 is 0 Å². The molecular formula is C15H23NO3. The van der Waals surface area contributed by atoms with Crippen molar-refractivity contribution in [1.29, 1.82) is 0 Å². The molecular weight excluding hydrogens is 242 g/mol. The molecule has 4 heteroatoms. The normalized spacial score (nSPS) is 28.6. The average Bonchev–Trinajstić information content (AvgIpc) is 2.53. The number of aliphatic hydroxyl groups excluding tert-OH is 1. The van der Waals surface area contributed by atoms with Crippen molar-refractivity contribution in [2.24, 2.45) is 0 Å². The molecule has 1 aromatic rings. The fourth-order valence-corrected chi connectivity index (χ4v) is 2.16. The van der Waals surface area contributed by atoms with E-state index in [-0.39, 0.29) is 18.7 Å². The number of hydrogen-bond acceptors (Lipinski definition) is 4. The molecule has 2 unspecified atom stereocenters. The number of nitrogens with one attached hydrogen (secondary N) is 1. The van der Waals surface area contributed by atoms with Crippen molar-refractivity contribution in [1.82, 2.24) is 5.32 Å². The van der Waals surface area contributed by atoms with Gasteiger partial charge < -0.3 is 19.9 Å². The first kappa shape index (κ1) is 14.5. The minimum atomic E-state index is -0.632. The summed E-state index contributed by atoms with van der Waals surface area (Å²) in [5.74, 6) is -0.632. The smallest absolute Gasteiger partial charge is 0.162 e. The Balaban J connectivity index is 1.98. The fraction of sp³-hybridized carbons (Fsp3) is 0.600. The van der Waals surface area contributed by atoms with Gasteiger partial charge in [-0.2, -0.15) is 0 Å². The highest BCUT2D eigenvalue weighted by atomic mass is 16.7. The van der Waals surface area contributed by atoms with Crippen LogP contribution < -0.4 is 5.32 Å². The van der Waals surface area contributed by atoms with Gasteiger partial charge in [0.05, 0.1) is 25.4 Å². The molecule has 19 heavy (non-hydrogen) atoms.